The van der Waals surface area contributed by atoms with Crippen LogP contribution in [0.1, 0.15) is 18.4 Å². The molecule has 0 saturated carbocycles. The van der Waals surface area contributed by atoms with E-state index in [4.69, 9.17) is 9.40 Å². The highest BCUT2D eigenvalue weighted by Gasteiger charge is 2.29. The van der Waals surface area contributed by atoms with Gasteiger partial charge in [-0.05, 0) is 6.42 Å². The third-order valence-electron chi connectivity index (χ3n) is 4.13. The number of aliphatic hydroxyl groups excluding tert-OH is 1. The molecule has 1 aliphatic rings. The van der Waals surface area contributed by atoms with E-state index in [0.29, 0.717) is 18.9 Å². The van der Waals surface area contributed by atoms with Crippen LogP contribution in [0.15, 0.2) is 65.1 Å². The number of aliphatic hydroxyl groups is 1. The minimum atomic E-state index is -0.341. The van der Waals surface area contributed by atoms with Gasteiger partial charge in [0.25, 0.3) is 0 Å². The molecule has 23 heavy (non-hydrogen) atoms. The summed E-state index contributed by atoms with van der Waals surface area (Å²) in [6.07, 6.45) is 0.287. The van der Waals surface area contributed by atoms with Gasteiger partial charge in [0.05, 0.1) is 12.1 Å². The first-order chi connectivity index (χ1) is 11.3. The molecular formula is C19H18N2O2. The zero-order chi connectivity index (χ0) is 15.6. The van der Waals surface area contributed by atoms with E-state index in [9.17, 15) is 5.11 Å². The minimum absolute atomic E-state index is 0.0371. The predicted molar refractivity (Wildman–Crippen MR) is 88.7 cm³/mol. The number of aromatic nitrogens is 1. The molecule has 4 rings (SSSR count). The summed E-state index contributed by atoms with van der Waals surface area (Å²) in [6, 6.07) is 20.0. The van der Waals surface area contributed by atoms with Crippen LogP contribution in [0.4, 0.5) is 0 Å². The quantitative estimate of drug-likeness (QED) is 0.778. The van der Waals surface area contributed by atoms with Crippen molar-refractivity contribution in [3.63, 3.8) is 0 Å². The fourth-order valence-corrected chi connectivity index (χ4v) is 2.97. The van der Waals surface area contributed by atoms with Crippen molar-refractivity contribution in [2.45, 2.75) is 18.6 Å². The Balaban J connectivity index is 1.81. The summed E-state index contributed by atoms with van der Waals surface area (Å²) in [5.74, 6) is 1.41. The van der Waals surface area contributed by atoms with E-state index in [2.05, 4.69) is 5.32 Å². The lowest BCUT2D eigenvalue weighted by Crippen LogP contribution is -2.15. The smallest absolute Gasteiger partial charge is 0.212 e. The lowest BCUT2D eigenvalue weighted by molar-refractivity contribution is 0.191. The van der Waals surface area contributed by atoms with Crippen LogP contribution in [0.5, 0.6) is 0 Å². The molecule has 1 saturated heterocycles. The van der Waals surface area contributed by atoms with Gasteiger partial charge in [-0.2, -0.15) is 0 Å². The largest absolute Gasteiger partial charge is 0.438 e. The number of benzene rings is 2. The van der Waals surface area contributed by atoms with Gasteiger partial charge in [0.15, 0.2) is 5.76 Å². The van der Waals surface area contributed by atoms with E-state index in [-0.39, 0.29) is 12.1 Å². The lowest BCUT2D eigenvalue weighted by Gasteiger charge is -2.03. The molecule has 1 fully saturated rings. The summed E-state index contributed by atoms with van der Waals surface area (Å²) in [5, 5.41) is 13.0. The zero-order valence-electron chi connectivity index (χ0n) is 12.6. The highest BCUT2D eigenvalue weighted by molar-refractivity contribution is 5.76. The molecule has 2 N–H and O–H groups in total. The van der Waals surface area contributed by atoms with Crippen molar-refractivity contribution in [3.8, 4) is 22.6 Å². The van der Waals surface area contributed by atoms with Crippen molar-refractivity contribution < 1.29 is 9.52 Å². The maximum absolute atomic E-state index is 9.74. The number of nitrogens with zero attached hydrogens (tertiary/aromatic N) is 1. The van der Waals surface area contributed by atoms with Crippen LogP contribution in [0, 0.1) is 0 Å². The van der Waals surface area contributed by atoms with Crippen LogP contribution >= 0.6 is 0 Å². The van der Waals surface area contributed by atoms with Crippen molar-refractivity contribution in [2.75, 3.05) is 6.54 Å². The van der Waals surface area contributed by atoms with Gasteiger partial charge in [-0.1, -0.05) is 60.7 Å². The summed E-state index contributed by atoms with van der Waals surface area (Å²) in [6.45, 7) is 0.578. The van der Waals surface area contributed by atoms with E-state index in [1.807, 2.05) is 60.7 Å². The second-order valence-corrected chi connectivity index (χ2v) is 5.81. The maximum atomic E-state index is 9.74. The first-order valence-corrected chi connectivity index (χ1v) is 7.84. The Bertz CT molecular complexity index is 727. The SMILES string of the molecule is O[C@H]1CN[C@@H](c2nc(-c3ccccc3)c(-c3ccccc3)o2)C1. The normalized spacial score (nSPS) is 20.7. The van der Waals surface area contributed by atoms with Gasteiger partial charge >= 0.3 is 0 Å². The summed E-state index contributed by atoms with van der Waals surface area (Å²) < 4.78 is 6.10. The molecule has 2 heterocycles. The average molecular weight is 306 g/mol. The average Bonchev–Trinajstić information content (AvgIpc) is 3.23. The summed E-state index contributed by atoms with van der Waals surface area (Å²) >= 11 is 0. The zero-order valence-corrected chi connectivity index (χ0v) is 12.6. The molecular weight excluding hydrogens is 288 g/mol. The molecule has 0 aliphatic carbocycles. The molecule has 0 spiro atoms. The van der Waals surface area contributed by atoms with Crippen LogP contribution in [0.25, 0.3) is 22.6 Å². The molecule has 2 atom stereocenters. The molecule has 116 valence electrons. The highest BCUT2D eigenvalue weighted by atomic mass is 16.4. The Kier molecular flexibility index (Phi) is 3.69. The molecule has 0 amide bonds. The van der Waals surface area contributed by atoms with Crippen LogP contribution < -0.4 is 5.32 Å². The van der Waals surface area contributed by atoms with Gasteiger partial charge in [-0.3, -0.25) is 0 Å². The number of β-amino-alcohol motifs (C(OH)–C–C–N with tert-alkyl or cyclic N) is 1. The molecule has 4 heteroatoms. The molecule has 1 aliphatic heterocycles. The van der Waals surface area contributed by atoms with E-state index >= 15 is 0 Å². The monoisotopic (exact) mass is 306 g/mol. The predicted octanol–water partition coefficient (Wildman–Crippen LogP) is 3.40. The fraction of sp³-hybridized carbons (Fsp3) is 0.211. The van der Waals surface area contributed by atoms with Gasteiger partial charge in [0.1, 0.15) is 5.69 Å². The number of nitrogens with one attached hydrogen (secondary N) is 1. The second-order valence-electron chi connectivity index (χ2n) is 5.81. The van der Waals surface area contributed by atoms with Crippen molar-refractivity contribution >= 4 is 0 Å². The molecule has 0 radical (unpaired) electrons. The Labute approximate surface area is 134 Å². The van der Waals surface area contributed by atoms with E-state index < -0.39 is 0 Å². The minimum Gasteiger partial charge on any atom is -0.438 e. The topological polar surface area (TPSA) is 58.3 Å². The lowest BCUT2D eigenvalue weighted by atomic mass is 10.1. The van der Waals surface area contributed by atoms with Crippen LogP contribution in [-0.2, 0) is 0 Å². The molecule has 4 nitrogen and oxygen atoms in total. The molecule has 0 bridgehead atoms. The first-order valence-electron chi connectivity index (χ1n) is 7.84. The van der Waals surface area contributed by atoms with Crippen LogP contribution in [-0.4, -0.2) is 22.7 Å². The van der Waals surface area contributed by atoms with E-state index in [1.54, 1.807) is 0 Å². The van der Waals surface area contributed by atoms with Gasteiger partial charge in [-0.25, -0.2) is 4.98 Å². The van der Waals surface area contributed by atoms with Crippen molar-refractivity contribution in [3.05, 3.63) is 66.6 Å². The third-order valence-corrected chi connectivity index (χ3v) is 4.13. The molecule has 0 unspecified atom stereocenters. The first kappa shape index (κ1) is 14.2. The molecule has 1 aromatic heterocycles. The number of rotatable bonds is 3. The Morgan fingerprint density at radius 2 is 1.61 bits per heavy atom. The van der Waals surface area contributed by atoms with Crippen molar-refractivity contribution in [1.82, 2.24) is 10.3 Å². The highest BCUT2D eigenvalue weighted by Crippen LogP contribution is 2.35. The Hall–Kier alpha value is -2.43. The van der Waals surface area contributed by atoms with Crippen LogP contribution in [0.3, 0.4) is 0 Å². The van der Waals surface area contributed by atoms with Crippen LogP contribution in [0.2, 0.25) is 0 Å². The Morgan fingerprint density at radius 3 is 2.22 bits per heavy atom. The van der Waals surface area contributed by atoms with Gasteiger partial charge in [-0.15, -0.1) is 0 Å². The van der Waals surface area contributed by atoms with E-state index in [1.165, 1.54) is 0 Å². The van der Waals surface area contributed by atoms with Gasteiger partial charge < -0.3 is 14.8 Å². The van der Waals surface area contributed by atoms with Crippen molar-refractivity contribution in [2.24, 2.45) is 0 Å². The molecule has 2 aromatic carbocycles. The number of oxazole rings is 1. The second kappa shape index (κ2) is 5.99. The summed E-state index contributed by atoms with van der Waals surface area (Å²) in [7, 11) is 0. The summed E-state index contributed by atoms with van der Waals surface area (Å²) in [5.41, 5.74) is 2.87. The number of hydrogen-bond donors (Lipinski definition) is 2. The molecule has 3 aromatic rings. The fourth-order valence-electron chi connectivity index (χ4n) is 2.97. The van der Waals surface area contributed by atoms with Gasteiger partial charge in [0.2, 0.25) is 5.89 Å². The Morgan fingerprint density at radius 1 is 0.957 bits per heavy atom. The number of hydrogen-bond acceptors (Lipinski definition) is 4. The third kappa shape index (κ3) is 2.79. The van der Waals surface area contributed by atoms with Crippen molar-refractivity contribution in [1.29, 1.82) is 0 Å². The summed E-state index contributed by atoms with van der Waals surface area (Å²) in [4.78, 5) is 4.73. The van der Waals surface area contributed by atoms with E-state index in [0.717, 1.165) is 22.6 Å². The van der Waals surface area contributed by atoms with Gasteiger partial charge in [0, 0.05) is 17.7 Å². The maximum Gasteiger partial charge on any atom is 0.212 e. The standard InChI is InChI=1S/C19H18N2O2/c22-15-11-16(20-12-15)19-21-17(13-7-3-1-4-8-13)18(23-19)14-9-5-2-6-10-14/h1-10,15-16,20,22H,11-12H2/t15-,16-/m1/s1.